The number of alkyl halides is 3. The van der Waals surface area contributed by atoms with Crippen LogP contribution in [0.3, 0.4) is 0 Å². The van der Waals surface area contributed by atoms with Gasteiger partial charge in [0.15, 0.2) is 0 Å². The van der Waals surface area contributed by atoms with E-state index in [1.165, 1.54) is 6.08 Å². The van der Waals surface area contributed by atoms with Crippen LogP contribution in [-0.4, -0.2) is 41.9 Å². The molecule has 2 aromatic carbocycles. The molecule has 0 unspecified atom stereocenters. The lowest BCUT2D eigenvalue weighted by molar-refractivity contribution is -0.384. The van der Waals surface area contributed by atoms with E-state index in [-0.39, 0.29) is 24.7 Å². The first-order valence-corrected chi connectivity index (χ1v) is 9.29. The van der Waals surface area contributed by atoms with E-state index >= 15 is 0 Å². The quantitative estimate of drug-likeness (QED) is 0.421. The maximum atomic E-state index is 12.9. The lowest BCUT2D eigenvalue weighted by Gasteiger charge is -2.35. The Morgan fingerprint density at radius 3 is 2.27 bits per heavy atom. The second kappa shape index (κ2) is 8.56. The fourth-order valence-electron chi connectivity index (χ4n) is 3.23. The Morgan fingerprint density at radius 2 is 1.70 bits per heavy atom. The summed E-state index contributed by atoms with van der Waals surface area (Å²) < 4.78 is 38.6. The van der Waals surface area contributed by atoms with Crippen LogP contribution >= 0.6 is 0 Å². The van der Waals surface area contributed by atoms with Gasteiger partial charge in [-0.2, -0.15) is 13.2 Å². The second-order valence-corrected chi connectivity index (χ2v) is 7.01. The average Bonchev–Trinajstić information content (AvgIpc) is 2.72. The van der Waals surface area contributed by atoms with Crippen LogP contribution in [0.1, 0.15) is 16.7 Å². The van der Waals surface area contributed by atoms with Gasteiger partial charge in [-0.25, -0.2) is 0 Å². The maximum Gasteiger partial charge on any atom is 0.416 e. The summed E-state index contributed by atoms with van der Waals surface area (Å²) in [6.07, 6.45) is -1.46. The van der Waals surface area contributed by atoms with E-state index in [1.54, 1.807) is 15.9 Å². The third kappa shape index (κ3) is 4.97. The lowest BCUT2D eigenvalue weighted by atomic mass is 10.1. The number of piperazine rings is 1. The van der Waals surface area contributed by atoms with E-state index in [0.29, 0.717) is 19.2 Å². The number of carbonyl (C=O) groups excluding carboxylic acids is 1. The Labute approximate surface area is 171 Å². The predicted molar refractivity (Wildman–Crippen MR) is 107 cm³/mol. The van der Waals surface area contributed by atoms with Crippen LogP contribution in [0, 0.1) is 17.0 Å². The lowest BCUT2D eigenvalue weighted by Crippen LogP contribution is -2.48. The molecule has 0 aliphatic carbocycles. The van der Waals surface area contributed by atoms with Gasteiger partial charge in [0.05, 0.1) is 10.5 Å². The normalized spacial score (nSPS) is 14.9. The molecule has 1 amide bonds. The van der Waals surface area contributed by atoms with Gasteiger partial charge in [0, 0.05) is 38.3 Å². The molecule has 0 aromatic heterocycles. The van der Waals surface area contributed by atoms with Crippen molar-refractivity contribution in [3.8, 4) is 0 Å². The zero-order chi connectivity index (χ0) is 21.9. The highest BCUT2D eigenvalue weighted by Gasteiger charge is 2.34. The molecule has 1 saturated heterocycles. The molecular formula is C21H20F3N3O3. The van der Waals surface area contributed by atoms with Crippen LogP contribution < -0.4 is 4.90 Å². The van der Waals surface area contributed by atoms with Crippen LogP contribution in [0.15, 0.2) is 48.5 Å². The van der Waals surface area contributed by atoms with E-state index < -0.39 is 22.4 Å². The minimum Gasteiger partial charge on any atom is -0.362 e. The molecule has 0 saturated carbocycles. The summed E-state index contributed by atoms with van der Waals surface area (Å²) in [6.45, 7) is 3.18. The molecule has 0 spiro atoms. The van der Waals surface area contributed by atoms with Crippen molar-refractivity contribution in [3.05, 3.63) is 75.3 Å². The Kier molecular flexibility index (Phi) is 6.09. The number of aryl methyl sites for hydroxylation is 1. The summed E-state index contributed by atoms with van der Waals surface area (Å²) >= 11 is 0. The molecule has 1 aliphatic rings. The van der Waals surface area contributed by atoms with Crippen LogP contribution in [0.2, 0.25) is 0 Å². The Morgan fingerprint density at radius 1 is 1.07 bits per heavy atom. The minimum absolute atomic E-state index is 0.121. The summed E-state index contributed by atoms with van der Waals surface area (Å²) in [6, 6.07) is 10.2. The van der Waals surface area contributed by atoms with Gasteiger partial charge in [0.1, 0.15) is 5.69 Å². The first kappa shape index (κ1) is 21.4. The number of amides is 1. The zero-order valence-electron chi connectivity index (χ0n) is 16.2. The summed E-state index contributed by atoms with van der Waals surface area (Å²) in [4.78, 5) is 26.1. The third-order valence-electron chi connectivity index (χ3n) is 4.93. The van der Waals surface area contributed by atoms with Crippen molar-refractivity contribution in [2.45, 2.75) is 13.1 Å². The van der Waals surface area contributed by atoms with Crippen molar-refractivity contribution in [2.24, 2.45) is 0 Å². The number of rotatable bonds is 4. The first-order valence-electron chi connectivity index (χ1n) is 9.29. The van der Waals surface area contributed by atoms with E-state index in [9.17, 15) is 28.1 Å². The largest absolute Gasteiger partial charge is 0.416 e. The fourth-order valence-corrected chi connectivity index (χ4v) is 3.23. The Balaban J connectivity index is 1.67. The van der Waals surface area contributed by atoms with Crippen LogP contribution in [-0.2, 0) is 11.0 Å². The number of halogens is 3. The maximum absolute atomic E-state index is 12.9. The Hall–Kier alpha value is -3.36. The summed E-state index contributed by atoms with van der Waals surface area (Å²) in [5.41, 5.74) is 0.479. The third-order valence-corrected chi connectivity index (χ3v) is 4.93. The molecule has 0 radical (unpaired) electrons. The van der Waals surface area contributed by atoms with Gasteiger partial charge in [-0.3, -0.25) is 14.9 Å². The number of hydrogen-bond acceptors (Lipinski definition) is 4. The SMILES string of the molecule is Cc1ccc(/C=C/C(=O)N2CCN(c3ccc(C(F)(F)F)cc3[N+](=O)[O-])CC2)cc1. The molecule has 1 aliphatic heterocycles. The van der Waals surface area contributed by atoms with E-state index in [2.05, 4.69) is 0 Å². The number of hydrogen-bond donors (Lipinski definition) is 0. The number of carbonyl (C=O) groups is 1. The highest BCUT2D eigenvalue weighted by atomic mass is 19.4. The molecule has 6 nitrogen and oxygen atoms in total. The van der Waals surface area contributed by atoms with Gasteiger partial charge in [-0.05, 0) is 30.7 Å². The monoisotopic (exact) mass is 419 g/mol. The predicted octanol–water partition coefficient (Wildman–Crippen LogP) is 4.28. The van der Waals surface area contributed by atoms with Gasteiger partial charge < -0.3 is 9.80 Å². The molecule has 1 fully saturated rings. The number of nitro groups is 1. The van der Waals surface area contributed by atoms with Gasteiger partial charge in [0.25, 0.3) is 5.69 Å². The smallest absolute Gasteiger partial charge is 0.362 e. The van der Waals surface area contributed by atoms with Crippen molar-refractivity contribution in [1.29, 1.82) is 0 Å². The van der Waals surface area contributed by atoms with Crippen LogP contribution in [0.5, 0.6) is 0 Å². The highest BCUT2D eigenvalue weighted by Crippen LogP contribution is 2.36. The van der Waals surface area contributed by atoms with Gasteiger partial charge in [0.2, 0.25) is 5.91 Å². The molecule has 0 atom stereocenters. The molecule has 0 bridgehead atoms. The minimum atomic E-state index is -4.65. The van der Waals surface area contributed by atoms with Crippen molar-refractivity contribution in [1.82, 2.24) is 4.90 Å². The van der Waals surface area contributed by atoms with Crippen molar-refractivity contribution >= 4 is 23.4 Å². The standard InChI is InChI=1S/C21H20F3N3O3/c1-15-2-4-16(5-3-15)6-9-20(28)26-12-10-25(11-13-26)18-8-7-17(21(22,23)24)14-19(18)27(29)30/h2-9,14H,10-13H2,1H3/b9-6+. The molecular weight excluding hydrogens is 399 g/mol. The molecule has 1 heterocycles. The van der Waals surface area contributed by atoms with Gasteiger partial charge in [-0.15, -0.1) is 0 Å². The van der Waals surface area contributed by atoms with E-state index in [0.717, 1.165) is 23.3 Å². The van der Waals surface area contributed by atoms with E-state index in [1.807, 2.05) is 31.2 Å². The molecule has 9 heteroatoms. The average molecular weight is 419 g/mol. The van der Waals surface area contributed by atoms with E-state index in [4.69, 9.17) is 0 Å². The van der Waals surface area contributed by atoms with Crippen LogP contribution in [0.25, 0.3) is 6.08 Å². The number of nitrogens with zero attached hydrogens (tertiary/aromatic N) is 3. The number of anilines is 1. The topological polar surface area (TPSA) is 66.7 Å². The molecule has 3 rings (SSSR count). The van der Waals surface area contributed by atoms with Crippen molar-refractivity contribution < 1.29 is 22.9 Å². The Bertz CT molecular complexity index is 964. The summed E-state index contributed by atoms with van der Waals surface area (Å²) in [7, 11) is 0. The molecule has 158 valence electrons. The first-order chi connectivity index (χ1) is 14.1. The van der Waals surface area contributed by atoms with Gasteiger partial charge >= 0.3 is 6.18 Å². The van der Waals surface area contributed by atoms with Gasteiger partial charge in [-0.1, -0.05) is 29.8 Å². The van der Waals surface area contributed by atoms with Crippen molar-refractivity contribution in [2.75, 3.05) is 31.1 Å². The molecule has 30 heavy (non-hydrogen) atoms. The second-order valence-electron chi connectivity index (χ2n) is 7.01. The number of benzene rings is 2. The fraction of sp³-hybridized carbons (Fsp3) is 0.286. The number of nitro benzene ring substituents is 1. The summed E-state index contributed by atoms with van der Waals surface area (Å²) in [5.74, 6) is -0.183. The van der Waals surface area contributed by atoms with Crippen LogP contribution in [0.4, 0.5) is 24.5 Å². The molecule has 2 aromatic rings. The highest BCUT2D eigenvalue weighted by molar-refractivity contribution is 5.92. The zero-order valence-corrected chi connectivity index (χ0v) is 16.2. The van der Waals surface area contributed by atoms with Crippen molar-refractivity contribution in [3.63, 3.8) is 0 Å². The molecule has 0 N–H and O–H groups in total. The summed E-state index contributed by atoms with van der Waals surface area (Å²) in [5, 5.41) is 11.3.